The van der Waals surface area contributed by atoms with Crippen LogP contribution in [-0.4, -0.2) is 16.0 Å². The zero-order valence-electron chi connectivity index (χ0n) is 10.2. The molecule has 0 atom stereocenters. The monoisotopic (exact) mass is 277 g/mol. The van der Waals surface area contributed by atoms with Crippen molar-refractivity contribution in [1.82, 2.24) is 4.98 Å². The third-order valence-electron chi connectivity index (χ3n) is 2.50. The fourth-order valence-electron chi connectivity index (χ4n) is 1.61. The van der Waals surface area contributed by atoms with Crippen molar-refractivity contribution in [2.75, 3.05) is 0 Å². The molecule has 2 rings (SSSR count). The maximum absolute atomic E-state index is 13.2. The van der Waals surface area contributed by atoms with Crippen LogP contribution in [0.1, 0.15) is 11.1 Å². The number of oxime groups is 1. The number of hydrogen-bond acceptors (Lipinski definition) is 4. The minimum atomic E-state index is -0.317. The summed E-state index contributed by atoms with van der Waals surface area (Å²) in [5.74, 6) is -0.326. The van der Waals surface area contributed by atoms with Crippen molar-refractivity contribution in [3.05, 3.63) is 53.5 Å². The van der Waals surface area contributed by atoms with Gasteiger partial charge in [0.2, 0.25) is 0 Å². The molecular weight excluding hydrogens is 265 g/mol. The third-order valence-corrected chi connectivity index (χ3v) is 3.49. The van der Waals surface area contributed by atoms with E-state index in [1.165, 1.54) is 23.9 Å². The number of halogens is 1. The first-order valence-electron chi connectivity index (χ1n) is 5.48. The molecule has 0 fully saturated rings. The van der Waals surface area contributed by atoms with Gasteiger partial charge in [-0.15, -0.1) is 0 Å². The number of benzene rings is 1. The largest absolute Gasteiger partial charge is 0.409 e. The lowest BCUT2D eigenvalue weighted by Gasteiger charge is -2.09. The molecule has 0 aliphatic carbocycles. The zero-order valence-corrected chi connectivity index (χ0v) is 11.0. The van der Waals surface area contributed by atoms with E-state index in [2.05, 4.69) is 10.1 Å². The Bertz CT molecular complexity index is 631. The van der Waals surface area contributed by atoms with Crippen LogP contribution in [0, 0.1) is 12.7 Å². The summed E-state index contributed by atoms with van der Waals surface area (Å²) in [4.78, 5) is 4.90. The number of rotatable bonds is 3. The first-order valence-corrected chi connectivity index (χ1v) is 6.30. The molecule has 1 aromatic heterocycles. The van der Waals surface area contributed by atoms with Gasteiger partial charge in [-0.1, -0.05) is 23.0 Å². The second-order valence-corrected chi connectivity index (χ2v) is 4.91. The Morgan fingerprint density at radius 1 is 1.42 bits per heavy atom. The molecule has 0 aliphatic heterocycles. The highest BCUT2D eigenvalue weighted by Gasteiger charge is 2.13. The molecule has 6 heteroatoms. The normalized spacial score (nSPS) is 11.6. The van der Waals surface area contributed by atoms with Crippen LogP contribution >= 0.6 is 11.8 Å². The van der Waals surface area contributed by atoms with Crippen LogP contribution in [0.4, 0.5) is 4.39 Å². The van der Waals surface area contributed by atoms with E-state index >= 15 is 0 Å². The van der Waals surface area contributed by atoms with Gasteiger partial charge in [0.05, 0.1) is 5.56 Å². The average Bonchev–Trinajstić information content (AvgIpc) is 2.38. The number of pyridine rings is 1. The lowest BCUT2D eigenvalue weighted by Crippen LogP contribution is -2.16. The second-order valence-electron chi connectivity index (χ2n) is 3.85. The van der Waals surface area contributed by atoms with Crippen LogP contribution in [0.5, 0.6) is 0 Å². The lowest BCUT2D eigenvalue weighted by molar-refractivity contribution is 0.318. The predicted octanol–water partition coefficient (Wildman–Crippen LogP) is 2.77. The van der Waals surface area contributed by atoms with E-state index in [0.717, 1.165) is 5.56 Å². The molecule has 0 saturated carbocycles. The summed E-state index contributed by atoms with van der Waals surface area (Å²) in [7, 11) is 0. The first-order chi connectivity index (χ1) is 9.11. The predicted molar refractivity (Wildman–Crippen MR) is 72.0 cm³/mol. The molecule has 4 nitrogen and oxygen atoms in total. The van der Waals surface area contributed by atoms with Gasteiger partial charge in [0, 0.05) is 11.1 Å². The van der Waals surface area contributed by atoms with Gasteiger partial charge in [-0.25, -0.2) is 9.37 Å². The van der Waals surface area contributed by atoms with Crippen LogP contribution < -0.4 is 5.73 Å². The quantitative estimate of drug-likeness (QED) is 0.391. The number of aryl methyl sites for hydroxylation is 1. The van der Waals surface area contributed by atoms with E-state index in [-0.39, 0.29) is 11.7 Å². The molecular formula is C13H12FN3OS. The van der Waals surface area contributed by atoms with Gasteiger partial charge in [0.15, 0.2) is 5.84 Å². The van der Waals surface area contributed by atoms with Gasteiger partial charge in [0.25, 0.3) is 0 Å². The van der Waals surface area contributed by atoms with Gasteiger partial charge in [-0.05, 0) is 36.8 Å². The summed E-state index contributed by atoms with van der Waals surface area (Å²) in [5, 5.41) is 12.4. The van der Waals surface area contributed by atoms with Crippen LogP contribution in [-0.2, 0) is 0 Å². The Kier molecular flexibility index (Phi) is 4.01. The smallest absolute Gasteiger partial charge is 0.173 e. The molecule has 0 spiro atoms. The summed E-state index contributed by atoms with van der Waals surface area (Å²) in [6.45, 7) is 1.84. The molecule has 0 aliphatic rings. The van der Waals surface area contributed by atoms with E-state index in [1.54, 1.807) is 24.4 Å². The van der Waals surface area contributed by atoms with Crippen molar-refractivity contribution >= 4 is 17.6 Å². The Morgan fingerprint density at radius 2 is 2.21 bits per heavy atom. The maximum atomic E-state index is 13.2. The van der Waals surface area contributed by atoms with E-state index in [4.69, 9.17) is 10.9 Å². The van der Waals surface area contributed by atoms with Crippen molar-refractivity contribution in [2.45, 2.75) is 16.8 Å². The van der Waals surface area contributed by atoms with E-state index in [0.29, 0.717) is 15.5 Å². The molecule has 0 saturated heterocycles. The van der Waals surface area contributed by atoms with E-state index in [1.807, 2.05) is 6.92 Å². The average molecular weight is 277 g/mol. The van der Waals surface area contributed by atoms with Crippen molar-refractivity contribution in [3.8, 4) is 0 Å². The Balaban J connectivity index is 2.43. The number of nitrogens with two attached hydrogens (primary N) is 1. The van der Waals surface area contributed by atoms with E-state index < -0.39 is 0 Å². The molecule has 2 aromatic rings. The number of hydrogen-bond donors (Lipinski definition) is 2. The summed E-state index contributed by atoms with van der Waals surface area (Å²) in [6.07, 6.45) is 1.63. The Morgan fingerprint density at radius 3 is 2.89 bits per heavy atom. The van der Waals surface area contributed by atoms with Crippen LogP contribution in [0.3, 0.4) is 0 Å². The first kappa shape index (κ1) is 13.4. The fraction of sp³-hybridized carbons (Fsp3) is 0.0769. The van der Waals surface area contributed by atoms with Gasteiger partial charge < -0.3 is 10.9 Å². The Labute approximate surface area is 114 Å². The van der Waals surface area contributed by atoms with Crippen molar-refractivity contribution in [3.63, 3.8) is 0 Å². The van der Waals surface area contributed by atoms with Crippen LogP contribution in [0.15, 0.2) is 51.6 Å². The minimum Gasteiger partial charge on any atom is -0.409 e. The van der Waals surface area contributed by atoms with Crippen molar-refractivity contribution in [1.29, 1.82) is 0 Å². The Hall–Kier alpha value is -2.08. The molecule has 1 heterocycles. The zero-order chi connectivity index (χ0) is 13.8. The third kappa shape index (κ3) is 3.03. The number of nitrogens with zero attached hydrogens (tertiary/aromatic N) is 2. The highest BCUT2D eigenvalue weighted by molar-refractivity contribution is 7.99. The van der Waals surface area contributed by atoms with Crippen LogP contribution in [0.25, 0.3) is 0 Å². The topological polar surface area (TPSA) is 71.5 Å². The summed E-state index contributed by atoms with van der Waals surface area (Å²) < 4.78 is 13.2. The molecule has 98 valence electrons. The summed E-state index contributed by atoms with van der Waals surface area (Å²) >= 11 is 1.26. The fourth-order valence-corrected chi connectivity index (χ4v) is 2.64. The molecule has 0 amide bonds. The molecule has 19 heavy (non-hydrogen) atoms. The van der Waals surface area contributed by atoms with Gasteiger partial charge in [-0.2, -0.15) is 0 Å². The summed E-state index contributed by atoms with van der Waals surface area (Å²) in [6, 6.07) is 7.94. The van der Waals surface area contributed by atoms with Gasteiger partial charge in [0.1, 0.15) is 10.8 Å². The number of amidine groups is 1. The highest BCUT2D eigenvalue weighted by atomic mass is 32.2. The SMILES string of the molecule is Cc1ccnc(Sc2cccc(F)c2)c1/C(N)=N/O. The van der Waals surface area contributed by atoms with Crippen molar-refractivity contribution in [2.24, 2.45) is 10.9 Å². The highest BCUT2D eigenvalue weighted by Crippen LogP contribution is 2.30. The lowest BCUT2D eigenvalue weighted by atomic mass is 10.1. The van der Waals surface area contributed by atoms with Gasteiger partial charge in [-0.3, -0.25) is 0 Å². The van der Waals surface area contributed by atoms with Crippen molar-refractivity contribution < 1.29 is 9.60 Å². The van der Waals surface area contributed by atoms with Crippen LogP contribution in [0.2, 0.25) is 0 Å². The number of aromatic nitrogens is 1. The van der Waals surface area contributed by atoms with Gasteiger partial charge >= 0.3 is 0 Å². The molecule has 0 unspecified atom stereocenters. The second kappa shape index (κ2) is 5.71. The molecule has 1 aromatic carbocycles. The standard InChI is InChI=1S/C13H12FN3OS/c1-8-5-6-16-13(11(8)12(15)17-18)19-10-4-2-3-9(14)7-10/h2-7,18H,1H3,(H2,15,17). The summed E-state index contributed by atoms with van der Waals surface area (Å²) in [5.41, 5.74) is 7.04. The molecule has 0 bridgehead atoms. The van der Waals surface area contributed by atoms with E-state index in [9.17, 15) is 4.39 Å². The molecule has 3 N–H and O–H groups in total. The maximum Gasteiger partial charge on any atom is 0.173 e. The molecule has 0 radical (unpaired) electrons. The minimum absolute atomic E-state index is 0.00972.